The first-order valence-electron chi connectivity index (χ1n) is 10.0. The van der Waals surface area contributed by atoms with E-state index < -0.39 is 10.0 Å². The minimum Gasteiger partial charge on any atom is -0.497 e. The Bertz CT molecular complexity index is 1240. The molecule has 158 valence electrons. The Kier molecular flexibility index (Phi) is 5.42. The maximum Gasteiger partial charge on any atom is 0.258 e. The molecule has 0 radical (unpaired) electrons. The van der Waals surface area contributed by atoms with Gasteiger partial charge < -0.3 is 9.30 Å². The summed E-state index contributed by atoms with van der Waals surface area (Å²) in [5.41, 5.74) is 2.96. The second-order valence-corrected chi connectivity index (χ2v) is 9.82. The summed E-state index contributed by atoms with van der Waals surface area (Å²) < 4.78 is 32.6. The van der Waals surface area contributed by atoms with Crippen molar-refractivity contribution in [1.82, 2.24) is 8.87 Å². The van der Waals surface area contributed by atoms with Gasteiger partial charge in [-0.25, -0.2) is 12.7 Å². The van der Waals surface area contributed by atoms with Crippen LogP contribution in [-0.2, 0) is 17.1 Å². The summed E-state index contributed by atoms with van der Waals surface area (Å²) in [7, 11) is 0.226. The monoisotopic (exact) mass is 426 g/mol. The Balaban J connectivity index is 1.95. The van der Waals surface area contributed by atoms with E-state index in [0.29, 0.717) is 37.1 Å². The average molecular weight is 427 g/mol. The number of rotatable bonds is 4. The van der Waals surface area contributed by atoms with Gasteiger partial charge in [-0.1, -0.05) is 30.3 Å². The maximum atomic E-state index is 13.2. The molecule has 0 aliphatic carbocycles. The van der Waals surface area contributed by atoms with Crippen LogP contribution < -0.4 is 10.3 Å². The van der Waals surface area contributed by atoms with Crippen molar-refractivity contribution in [3.63, 3.8) is 0 Å². The molecule has 2 heterocycles. The van der Waals surface area contributed by atoms with Gasteiger partial charge in [0, 0.05) is 48.1 Å². The Morgan fingerprint density at radius 1 is 1.00 bits per heavy atom. The van der Waals surface area contributed by atoms with Gasteiger partial charge in [-0.3, -0.25) is 4.79 Å². The topological polar surface area (TPSA) is 68.6 Å². The molecular formula is C23H26N2O4S. The fraction of sp³-hybridized carbons (Fsp3) is 0.348. The third-order valence-electron chi connectivity index (χ3n) is 6.02. The summed E-state index contributed by atoms with van der Waals surface area (Å²) in [4.78, 5) is 13.2. The van der Waals surface area contributed by atoms with Crippen LogP contribution in [0.25, 0.3) is 21.9 Å². The van der Waals surface area contributed by atoms with Crippen LogP contribution >= 0.6 is 0 Å². The van der Waals surface area contributed by atoms with E-state index in [1.54, 1.807) is 11.7 Å². The van der Waals surface area contributed by atoms with Crippen molar-refractivity contribution in [2.24, 2.45) is 7.05 Å². The average Bonchev–Trinajstić information content (AvgIpc) is 2.75. The SMILES string of the molecule is COc1ccc2c(=O)n(C)c(C3CCN(S(C)(=O)=O)CC3)c(-c3ccccc3)c2c1. The molecule has 0 unspecified atom stereocenters. The number of methoxy groups -OCH3 is 1. The standard InChI is InChI=1S/C23H26N2O4S/c1-24-22(17-11-13-25(14-12-17)30(3,27)28)21(16-7-5-4-6-8-16)20-15-18(29-2)9-10-19(20)23(24)26/h4-10,15,17H,11-14H2,1-3H3. The molecule has 1 saturated heterocycles. The van der Waals surface area contributed by atoms with E-state index in [9.17, 15) is 13.2 Å². The molecule has 6 nitrogen and oxygen atoms in total. The number of aromatic nitrogens is 1. The highest BCUT2D eigenvalue weighted by Gasteiger charge is 2.30. The van der Waals surface area contributed by atoms with Gasteiger partial charge in [0.15, 0.2) is 0 Å². The summed E-state index contributed by atoms with van der Waals surface area (Å²) in [6.45, 7) is 0.921. The van der Waals surface area contributed by atoms with Crippen LogP contribution in [0.15, 0.2) is 53.3 Å². The third-order valence-corrected chi connectivity index (χ3v) is 7.32. The highest BCUT2D eigenvalue weighted by molar-refractivity contribution is 7.88. The summed E-state index contributed by atoms with van der Waals surface area (Å²) in [6.07, 6.45) is 2.60. The maximum absolute atomic E-state index is 13.2. The van der Waals surface area contributed by atoms with E-state index in [1.165, 1.54) is 10.6 Å². The number of hydrogen-bond acceptors (Lipinski definition) is 4. The van der Waals surface area contributed by atoms with Gasteiger partial charge in [0.2, 0.25) is 10.0 Å². The van der Waals surface area contributed by atoms with Gasteiger partial charge in [0.05, 0.1) is 13.4 Å². The van der Waals surface area contributed by atoms with Crippen LogP contribution in [0.1, 0.15) is 24.5 Å². The van der Waals surface area contributed by atoms with E-state index in [0.717, 1.165) is 22.2 Å². The molecule has 1 aliphatic rings. The number of benzene rings is 2. The van der Waals surface area contributed by atoms with E-state index in [4.69, 9.17) is 4.74 Å². The van der Waals surface area contributed by atoms with E-state index in [1.807, 2.05) is 55.6 Å². The van der Waals surface area contributed by atoms with Gasteiger partial charge in [-0.2, -0.15) is 0 Å². The van der Waals surface area contributed by atoms with Gasteiger partial charge in [0.25, 0.3) is 5.56 Å². The number of piperidine rings is 1. The molecule has 1 fully saturated rings. The van der Waals surface area contributed by atoms with E-state index in [2.05, 4.69) is 0 Å². The molecule has 0 N–H and O–H groups in total. The molecule has 4 rings (SSSR count). The van der Waals surface area contributed by atoms with Gasteiger partial charge in [-0.05, 0) is 36.6 Å². The number of nitrogens with zero attached hydrogens (tertiary/aromatic N) is 2. The van der Waals surface area contributed by atoms with Gasteiger partial charge >= 0.3 is 0 Å². The van der Waals surface area contributed by atoms with Crippen LogP contribution in [0.2, 0.25) is 0 Å². The first-order chi connectivity index (χ1) is 14.3. The molecule has 2 aromatic carbocycles. The molecule has 0 spiro atoms. The van der Waals surface area contributed by atoms with Crippen LogP contribution in [0.5, 0.6) is 5.75 Å². The molecular weight excluding hydrogens is 400 g/mol. The fourth-order valence-corrected chi connectivity index (χ4v) is 5.36. The van der Waals surface area contributed by atoms with Crippen LogP contribution in [0.3, 0.4) is 0 Å². The van der Waals surface area contributed by atoms with Crippen molar-refractivity contribution in [1.29, 1.82) is 0 Å². The van der Waals surface area contributed by atoms with Crippen molar-refractivity contribution in [2.45, 2.75) is 18.8 Å². The Morgan fingerprint density at radius 3 is 2.27 bits per heavy atom. The quantitative estimate of drug-likeness (QED) is 0.642. The van der Waals surface area contributed by atoms with Crippen molar-refractivity contribution in [3.8, 4) is 16.9 Å². The Labute approximate surface area is 176 Å². The predicted octanol–water partition coefficient (Wildman–Crippen LogP) is 3.35. The summed E-state index contributed by atoms with van der Waals surface area (Å²) in [5, 5.41) is 1.51. The molecule has 7 heteroatoms. The molecule has 0 saturated carbocycles. The lowest BCUT2D eigenvalue weighted by molar-refractivity contribution is 0.315. The zero-order chi connectivity index (χ0) is 21.5. The molecule has 1 aliphatic heterocycles. The van der Waals surface area contributed by atoms with Crippen LogP contribution in [0, 0.1) is 0 Å². The summed E-state index contributed by atoms with van der Waals surface area (Å²) >= 11 is 0. The van der Waals surface area contributed by atoms with Crippen LogP contribution in [-0.4, -0.2) is 43.7 Å². The summed E-state index contributed by atoms with van der Waals surface area (Å²) in [5.74, 6) is 0.789. The molecule has 0 atom stereocenters. The van der Waals surface area contributed by atoms with E-state index in [-0.39, 0.29) is 11.5 Å². The third kappa shape index (κ3) is 3.63. The van der Waals surface area contributed by atoms with Crippen molar-refractivity contribution in [3.05, 3.63) is 64.6 Å². The first-order valence-corrected chi connectivity index (χ1v) is 11.9. The lowest BCUT2D eigenvalue weighted by Crippen LogP contribution is -2.38. The second kappa shape index (κ2) is 7.89. The summed E-state index contributed by atoms with van der Waals surface area (Å²) in [6, 6.07) is 15.6. The van der Waals surface area contributed by atoms with Crippen molar-refractivity contribution < 1.29 is 13.2 Å². The molecule has 30 heavy (non-hydrogen) atoms. The predicted molar refractivity (Wildman–Crippen MR) is 120 cm³/mol. The first kappa shape index (κ1) is 20.6. The molecule has 0 bridgehead atoms. The Morgan fingerprint density at radius 2 is 1.67 bits per heavy atom. The second-order valence-electron chi connectivity index (χ2n) is 7.84. The molecule has 0 amide bonds. The molecule has 3 aromatic rings. The van der Waals surface area contributed by atoms with Crippen molar-refractivity contribution in [2.75, 3.05) is 26.5 Å². The molecule has 1 aromatic heterocycles. The highest BCUT2D eigenvalue weighted by Crippen LogP contribution is 2.39. The number of sulfonamides is 1. The van der Waals surface area contributed by atoms with Crippen LogP contribution in [0.4, 0.5) is 0 Å². The largest absolute Gasteiger partial charge is 0.497 e. The minimum atomic E-state index is -3.21. The lowest BCUT2D eigenvalue weighted by atomic mass is 9.86. The number of pyridine rings is 1. The fourth-order valence-electron chi connectivity index (χ4n) is 4.49. The van der Waals surface area contributed by atoms with E-state index >= 15 is 0 Å². The minimum absolute atomic E-state index is 0.0483. The Hall–Kier alpha value is -2.64. The normalized spacial score (nSPS) is 16.1. The van der Waals surface area contributed by atoms with Gasteiger partial charge in [-0.15, -0.1) is 0 Å². The smallest absolute Gasteiger partial charge is 0.258 e. The van der Waals surface area contributed by atoms with Gasteiger partial charge in [0.1, 0.15) is 5.75 Å². The van der Waals surface area contributed by atoms with Crippen molar-refractivity contribution >= 4 is 20.8 Å². The number of ether oxygens (including phenoxy) is 1. The zero-order valence-electron chi connectivity index (χ0n) is 17.5. The number of fused-ring (bicyclic) bond motifs is 1. The lowest BCUT2D eigenvalue weighted by Gasteiger charge is -2.32. The highest BCUT2D eigenvalue weighted by atomic mass is 32.2. The number of hydrogen-bond donors (Lipinski definition) is 0. The zero-order valence-corrected chi connectivity index (χ0v) is 18.3.